The van der Waals surface area contributed by atoms with Crippen LogP contribution in [-0.4, -0.2) is 26.0 Å². The molecule has 0 amide bonds. The second-order valence-corrected chi connectivity index (χ2v) is 5.63. The average molecular weight is 292 g/mol. The van der Waals surface area contributed by atoms with Crippen molar-refractivity contribution in [2.75, 3.05) is 0 Å². The maximum Gasteiger partial charge on any atom is 0.209 e. The Bertz CT molecular complexity index is 651. The second-order valence-electron chi connectivity index (χ2n) is 4.69. The van der Waals surface area contributed by atoms with Crippen LogP contribution >= 0.6 is 11.8 Å². The number of aromatic nitrogens is 4. The van der Waals surface area contributed by atoms with Crippen molar-refractivity contribution in [1.29, 1.82) is 5.41 Å². The number of nitrogens with one attached hydrogen (secondary N) is 1. The Morgan fingerprint density at radius 2 is 2.25 bits per heavy atom. The molecule has 3 rings (SSSR count). The summed E-state index contributed by atoms with van der Waals surface area (Å²) in [5.74, 6) is -0.000788. The molecule has 1 fully saturated rings. The van der Waals surface area contributed by atoms with Gasteiger partial charge in [0.05, 0.1) is 6.04 Å². The van der Waals surface area contributed by atoms with E-state index < -0.39 is 5.82 Å². The number of amidine groups is 1. The minimum atomic E-state index is -0.393. The second kappa shape index (κ2) is 5.20. The number of nitrogen functional groups attached to an aromatic ring is 1. The normalized spacial score (nSPS) is 14.4. The molecular weight excluding hydrogens is 279 g/mol. The third-order valence-corrected chi connectivity index (χ3v) is 4.00. The van der Waals surface area contributed by atoms with E-state index in [9.17, 15) is 4.39 Å². The molecular formula is C12H13FN6S. The number of tetrazole rings is 1. The first-order chi connectivity index (χ1) is 9.63. The molecule has 2 aromatic rings. The quantitative estimate of drug-likeness (QED) is 0.497. The van der Waals surface area contributed by atoms with Gasteiger partial charge in [0.1, 0.15) is 11.7 Å². The SMILES string of the molecule is N=C(N)c1cc(F)cc(CSc2nnnn2C2CC2)c1. The fourth-order valence-corrected chi connectivity index (χ4v) is 2.74. The van der Waals surface area contributed by atoms with Gasteiger partial charge in [-0.15, -0.1) is 5.10 Å². The van der Waals surface area contributed by atoms with Crippen molar-refractivity contribution in [1.82, 2.24) is 20.2 Å². The summed E-state index contributed by atoms with van der Waals surface area (Å²) in [5.41, 5.74) is 6.53. The maximum absolute atomic E-state index is 13.5. The highest BCUT2D eigenvalue weighted by atomic mass is 32.2. The molecule has 0 radical (unpaired) electrons. The standard InChI is InChI=1S/C12H13FN6S/c13-9-4-7(3-8(5-9)11(14)15)6-20-12-16-17-18-19(12)10-1-2-10/h3-5,10H,1-2,6H2,(H3,14,15). The minimum Gasteiger partial charge on any atom is -0.384 e. The lowest BCUT2D eigenvalue weighted by molar-refractivity contribution is 0.565. The van der Waals surface area contributed by atoms with E-state index in [2.05, 4.69) is 15.5 Å². The number of nitrogens with zero attached hydrogens (tertiary/aromatic N) is 4. The van der Waals surface area contributed by atoms with Gasteiger partial charge in [0, 0.05) is 11.3 Å². The van der Waals surface area contributed by atoms with Crippen molar-refractivity contribution < 1.29 is 4.39 Å². The van der Waals surface area contributed by atoms with E-state index in [1.165, 1.54) is 23.9 Å². The summed E-state index contributed by atoms with van der Waals surface area (Å²) in [5, 5.41) is 19.7. The van der Waals surface area contributed by atoms with Crippen LogP contribution in [0.15, 0.2) is 23.4 Å². The van der Waals surface area contributed by atoms with Crippen LogP contribution in [0.5, 0.6) is 0 Å². The van der Waals surface area contributed by atoms with Gasteiger partial charge < -0.3 is 5.73 Å². The number of hydrogen-bond donors (Lipinski definition) is 2. The third kappa shape index (κ3) is 2.79. The zero-order valence-corrected chi connectivity index (χ0v) is 11.4. The molecule has 0 unspecified atom stereocenters. The van der Waals surface area contributed by atoms with Crippen molar-refractivity contribution in [3.05, 3.63) is 35.1 Å². The van der Waals surface area contributed by atoms with Crippen LogP contribution in [0.1, 0.15) is 30.0 Å². The maximum atomic E-state index is 13.5. The Hall–Kier alpha value is -1.96. The van der Waals surface area contributed by atoms with Crippen LogP contribution in [0.4, 0.5) is 4.39 Å². The van der Waals surface area contributed by atoms with Gasteiger partial charge in [-0.25, -0.2) is 9.07 Å². The fraction of sp³-hybridized carbons (Fsp3) is 0.333. The molecule has 0 atom stereocenters. The number of benzene rings is 1. The first-order valence-corrected chi connectivity index (χ1v) is 7.16. The van der Waals surface area contributed by atoms with Gasteiger partial charge in [-0.3, -0.25) is 5.41 Å². The van der Waals surface area contributed by atoms with Crippen LogP contribution in [0.25, 0.3) is 0 Å². The fourth-order valence-electron chi connectivity index (χ4n) is 1.87. The Kier molecular flexibility index (Phi) is 3.39. The number of hydrogen-bond acceptors (Lipinski definition) is 5. The summed E-state index contributed by atoms with van der Waals surface area (Å²) < 4.78 is 15.3. The molecule has 1 aromatic carbocycles. The number of halogens is 1. The average Bonchev–Trinajstić information content (AvgIpc) is 3.15. The Labute approximate surface area is 119 Å². The number of rotatable bonds is 5. The van der Waals surface area contributed by atoms with Crippen molar-refractivity contribution in [2.24, 2.45) is 5.73 Å². The van der Waals surface area contributed by atoms with Gasteiger partial charge in [0.25, 0.3) is 0 Å². The summed E-state index contributed by atoms with van der Waals surface area (Å²) in [6, 6.07) is 4.81. The smallest absolute Gasteiger partial charge is 0.209 e. The van der Waals surface area contributed by atoms with Gasteiger partial charge in [0.15, 0.2) is 0 Å². The molecule has 3 N–H and O–H groups in total. The van der Waals surface area contributed by atoms with Crippen LogP contribution < -0.4 is 5.73 Å². The van der Waals surface area contributed by atoms with E-state index >= 15 is 0 Å². The summed E-state index contributed by atoms with van der Waals surface area (Å²) in [6.07, 6.45) is 2.21. The molecule has 0 saturated heterocycles. The first-order valence-electron chi connectivity index (χ1n) is 6.18. The van der Waals surface area contributed by atoms with Crippen LogP contribution in [-0.2, 0) is 5.75 Å². The van der Waals surface area contributed by atoms with E-state index in [4.69, 9.17) is 11.1 Å². The summed E-state index contributed by atoms with van der Waals surface area (Å²) in [7, 11) is 0. The van der Waals surface area contributed by atoms with Crippen LogP contribution in [0.2, 0.25) is 0 Å². The molecule has 1 heterocycles. The number of thioether (sulfide) groups is 1. The number of nitrogens with two attached hydrogens (primary N) is 1. The van der Waals surface area contributed by atoms with Crippen LogP contribution in [0, 0.1) is 11.2 Å². The van der Waals surface area contributed by atoms with E-state index in [-0.39, 0.29) is 5.84 Å². The molecule has 1 aromatic heterocycles. The zero-order valence-electron chi connectivity index (χ0n) is 10.6. The molecule has 1 saturated carbocycles. The monoisotopic (exact) mass is 292 g/mol. The highest BCUT2D eigenvalue weighted by Gasteiger charge is 2.27. The van der Waals surface area contributed by atoms with E-state index in [0.717, 1.165) is 23.6 Å². The van der Waals surface area contributed by atoms with Crippen molar-refractivity contribution in [3.8, 4) is 0 Å². The molecule has 20 heavy (non-hydrogen) atoms. The predicted molar refractivity (Wildman–Crippen MR) is 73.1 cm³/mol. The van der Waals surface area contributed by atoms with E-state index in [1.54, 1.807) is 6.07 Å². The Morgan fingerprint density at radius 3 is 2.95 bits per heavy atom. The first kappa shape index (κ1) is 13.0. The highest BCUT2D eigenvalue weighted by Crippen LogP contribution is 2.36. The third-order valence-electron chi connectivity index (χ3n) is 2.99. The van der Waals surface area contributed by atoms with Crippen LogP contribution in [0.3, 0.4) is 0 Å². The lowest BCUT2D eigenvalue weighted by atomic mass is 10.1. The Morgan fingerprint density at radius 1 is 1.45 bits per heavy atom. The van der Waals surface area contributed by atoms with Gasteiger partial charge in [-0.1, -0.05) is 11.8 Å². The van der Waals surface area contributed by atoms with Gasteiger partial charge in [-0.2, -0.15) is 0 Å². The molecule has 6 nitrogen and oxygen atoms in total. The summed E-state index contributed by atoms with van der Waals surface area (Å²) in [4.78, 5) is 0. The molecule has 1 aliphatic rings. The van der Waals surface area contributed by atoms with Crippen molar-refractivity contribution in [2.45, 2.75) is 29.8 Å². The van der Waals surface area contributed by atoms with Gasteiger partial charge in [0.2, 0.25) is 5.16 Å². The Balaban J connectivity index is 1.74. The summed E-state index contributed by atoms with van der Waals surface area (Å²) in [6.45, 7) is 0. The van der Waals surface area contributed by atoms with Crippen molar-refractivity contribution in [3.63, 3.8) is 0 Å². The van der Waals surface area contributed by atoms with Crippen molar-refractivity contribution >= 4 is 17.6 Å². The lowest BCUT2D eigenvalue weighted by Crippen LogP contribution is -2.11. The molecule has 8 heteroatoms. The lowest BCUT2D eigenvalue weighted by Gasteiger charge is -2.05. The molecule has 104 valence electrons. The van der Waals surface area contributed by atoms with E-state index in [1.807, 2.05) is 4.68 Å². The minimum absolute atomic E-state index is 0.140. The topological polar surface area (TPSA) is 93.5 Å². The zero-order chi connectivity index (χ0) is 14.1. The summed E-state index contributed by atoms with van der Waals surface area (Å²) >= 11 is 1.45. The molecule has 0 aliphatic heterocycles. The van der Waals surface area contributed by atoms with Gasteiger partial charge in [-0.05, 0) is 47.0 Å². The largest absolute Gasteiger partial charge is 0.384 e. The predicted octanol–water partition coefficient (Wildman–Crippen LogP) is 1.72. The molecule has 0 bridgehead atoms. The highest BCUT2D eigenvalue weighted by molar-refractivity contribution is 7.98. The molecule has 0 spiro atoms. The molecule has 1 aliphatic carbocycles. The van der Waals surface area contributed by atoms with Gasteiger partial charge >= 0.3 is 0 Å². The van der Waals surface area contributed by atoms with E-state index in [0.29, 0.717) is 17.4 Å².